The van der Waals surface area contributed by atoms with Crippen LogP contribution in [0.2, 0.25) is 0 Å². The highest BCUT2D eigenvalue weighted by Gasteiger charge is 2.36. The van der Waals surface area contributed by atoms with Gasteiger partial charge in [-0.3, -0.25) is 0 Å². The number of methoxy groups -OCH3 is 1. The summed E-state index contributed by atoms with van der Waals surface area (Å²) in [6.07, 6.45) is 1.49. The molecule has 0 radical (unpaired) electrons. The monoisotopic (exact) mass is 358 g/mol. The molecule has 0 bridgehead atoms. The van der Waals surface area contributed by atoms with E-state index in [2.05, 4.69) is 10.6 Å². The SMILES string of the molecule is COc1ccccc1NC(=O)NCC(O)(c1ccco1)c1cccs1. The Labute approximate surface area is 149 Å². The van der Waals surface area contributed by atoms with Crippen LogP contribution in [0.3, 0.4) is 0 Å². The molecule has 0 aliphatic heterocycles. The Morgan fingerprint density at radius 1 is 1.24 bits per heavy atom. The summed E-state index contributed by atoms with van der Waals surface area (Å²) in [5.41, 5.74) is -0.893. The average molecular weight is 358 g/mol. The van der Waals surface area contributed by atoms with Gasteiger partial charge in [0.15, 0.2) is 5.60 Å². The van der Waals surface area contributed by atoms with Crippen LogP contribution in [0.5, 0.6) is 5.75 Å². The molecule has 3 N–H and O–H groups in total. The number of amides is 2. The molecule has 0 aliphatic carbocycles. The van der Waals surface area contributed by atoms with Crippen LogP contribution in [-0.2, 0) is 5.60 Å². The molecule has 7 heteroatoms. The molecule has 0 saturated carbocycles. The van der Waals surface area contributed by atoms with Crippen LogP contribution in [0, 0.1) is 0 Å². The number of thiophene rings is 1. The van der Waals surface area contributed by atoms with Crippen molar-refractivity contribution < 1.29 is 19.1 Å². The fraction of sp³-hybridized carbons (Fsp3) is 0.167. The van der Waals surface area contributed by atoms with Crippen molar-refractivity contribution >= 4 is 23.1 Å². The van der Waals surface area contributed by atoms with E-state index in [0.717, 1.165) is 0 Å². The van der Waals surface area contributed by atoms with Crippen molar-refractivity contribution in [3.05, 3.63) is 70.8 Å². The molecular formula is C18H18N2O4S. The Bertz CT molecular complexity index is 781. The topological polar surface area (TPSA) is 83.7 Å². The van der Waals surface area contributed by atoms with E-state index in [1.165, 1.54) is 24.7 Å². The number of furan rings is 1. The van der Waals surface area contributed by atoms with E-state index in [1.807, 2.05) is 17.5 Å². The lowest BCUT2D eigenvalue weighted by Gasteiger charge is -2.25. The number of aliphatic hydroxyl groups is 1. The number of para-hydroxylation sites is 2. The first-order valence-corrected chi connectivity index (χ1v) is 8.49. The average Bonchev–Trinajstić information content (AvgIpc) is 3.34. The predicted molar refractivity (Wildman–Crippen MR) is 96.0 cm³/mol. The Morgan fingerprint density at radius 2 is 2.08 bits per heavy atom. The molecule has 3 rings (SSSR count). The molecule has 3 aromatic rings. The van der Waals surface area contributed by atoms with Crippen LogP contribution in [0.15, 0.2) is 64.6 Å². The molecule has 2 aromatic heterocycles. The number of benzene rings is 1. The minimum Gasteiger partial charge on any atom is -0.495 e. The van der Waals surface area contributed by atoms with Crippen molar-refractivity contribution in [3.63, 3.8) is 0 Å². The van der Waals surface area contributed by atoms with E-state index < -0.39 is 11.6 Å². The van der Waals surface area contributed by atoms with Crippen molar-refractivity contribution in [1.82, 2.24) is 5.32 Å². The number of nitrogens with one attached hydrogen (secondary N) is 2. The summed E-state index contributed by atoms with van der Waals surface area (Å²) >= 11 is 1.39. The van der Waals surface area contributed by atoms with Crippen LogP contribution in [0.4, 0.5) is 10.5 Å². The highest BCUT2D eigenvalue weighted by atomic mass is 32.1. The van der Waals surface area contributed by atoms with Crippen molar-refractivity contribution in [1.29, 1.82) is 0 Å². The van der Waals surface area contributed by atoms with Crippen molar-refractivity contribution in [2.45, 2.75) is 5.60 Å². The third-order valence-electron chi connectivity index (χ3n) is 3.72. The Hall–Kier alpha value is -2.77. The third kappa shape index (κ3) is 3.67. The standard InChI is InChI=1S/C18H18N2O4S/c1-23-14-7-3-2-6-13(14)20-17(21)19-12-18(22,15-8-4-10-24-15)16-9-5-11-25-16/h2-11,22H,12H2,1H3,(H2,19,20,21). The Kier molecular flexibility index (Phi) is 5.06. The predicted octanol–water partition coefficient (Wildman–Crippen LogP) is 3.41. The van der Waals surface area contributed by atoms with Gasteiger partial charge in [-0.2, -0.15) is 0 Å². The fourth-order valence-electron chi connectivity index (χ4n) is 2.45. The number of hydrogen-bond donors (Lipinski definition) is 3. The second-order valence-corrected chi connectivity index (χ2v) is 6.27. The zero-order valence-corrected chi connectivity index (χ0v) is 14.4. The summed E-state index contributed by atoms with van der Waals surface area (Å²) in [7, 11) is 1.53. The van der Waals surface area contributed by atoms with Crippen LogP contribution >= 0.6 is 11.3 Å². The summed E-state index contributed by atoms with van der Waals surface area (Å²) in [4.78, 5) is 12.9. The first-order valence-electron chi connectivity index (χ1n) is 7.61. The van der Waals surface area contributed by atoms with Crippen LogP contribution in [0.25, 0.3) is 0 Å². The quantitative estimate of drug-likeness (QED) is 0.630. The molecule has 130 valence electrons. The van der Waals surface area contributed by atoms with Gasteiger partial charge in [0.25, 0.3) is 0 Å². The third-order valence-corrected chi connectivity index (χ3v) is 4.74. The number of carbonyl (C=O) groups is 1. The van der Waals surface area contributed by atoms with Gasteiger partial charge >= 0.3 is 6.03 Å². The van der Waals surface area contributed by atoms with Gasteiger partial charge in [-0.1, -0.05) is 18.2 Å². The highest BCUT2D eigenvalue weighted by Crippen LogP contribution is 2.32. The van der Waals surface area contributed by atoms with Crippen molar-refractivity contribution in [2.24, 2.45) is 0 Å². The van der Waals surface area contributed by atoms with Gasteiger partial charge in [0.1, 0.15) is 11.5 Å². The molecule has 0 fully saturated rings. The van der Waals surface area contributed by atoms with E-state index in [4.69, 9.17) is 9.15 Å². The van der Waals surface area contributed by atoms with Gasteiger partial charge < -0.3 is 24.9 Å². The molecule has 1 aromatic carbocycles. The number of anilines is 1. The number of carbonyl (C=O) groups excluding carboxylic acids is 1. The number of urea groups is 1. The number of ether oxygens (including phenoxy) is 1. The summed E-state index contributed by atoms with van der Waals surface area (Å²) < 4.78 is 10.6. The van der Waals surface area contributed by atoms with Gasteiger partial charge in [0.2, 0.25) is 0 Å². The summed E-state index contributed by atoms with van der Waals surface area (Å²) in [5, 5.41) is 18.4. The molecule has 1 atom stereocenters. The largest absolute Gasteiger partial charge is 0.495 e. The zero-order valence-electron chi connectivity index (χ0n) is 13.6. The summed E-state index contributed by atoms with van der Waals surface area (Å²) in [5.74, 6) is 0.921. The molecule has 2 amide bonds. The van der Waals surface area contributed by atoms with Crippen LogP contribution in [-0.4, -0.2) is 24.8 Å². The minimum atomic E-state index is -1.43. The van der Waals surface area contributed by atoms with Gasteiger partial charge in [-0.15, -0.1) is 11.3 Å². The zero-order chi connectivity index (χ0) is 17.7. The van der Waals surface area contributed by atoms with E-state index in [-0.39, 0.29) is 6.54 Å². The van der Waals surface area contributed by atoms with Gasteiger partial charge in [0, 0.05) is 4.88 Å². The molecule has 0 aliphatic rings. The first-order chi connectivity index (χ1) is 12.1. The van der Waals surface area contributed by atoms with Crippen LogP contribution < -0.4 is 15.4 Å². The first kappa shape index (κ1) is 17.1. The molecule has 2 heterocycles. The Morgan fingerprint density at radius 3 is 2.76 bits per heavy atom. The smallest absolute Gasteiger partial charge is 0.319 e. The highest BCUT2D eigenvalue weighted by molar-refractivity contribution is 7.10. The van der Waals surface area contributed by atoms with Crippen LogP contribution in [0.1, 0.15) is 10.6 Å². The summed E-state index contributed by atoms with van der Waals surface area (Å²) in [6, 6.07) is 13.7. The van der Waals surface area contributed by atoms with Crippen molar-refractivity contribution in [3.8, 4) is 5.75 Å². The molecule has 25 heavy (non-hydrogen) atoms. The van der Waals surface area contributed by atoms with E-state index in [0.29, 0.717) is 22.1 Å². The number of rotatable bonds is 6. The fourth-order valence-corrected chi connectivity index (χ4v) is 3.27. The number of hydrogen-bond acceptors (Lipinski definition) is 5. The van der Waals surface area contributed by atoms with E-state index in [1.54, 1.807) is 36.4 Å². The molecular weight excluding hydrogens is 340 g/mol. The maximum absolute atomic E-state index is 12.3. The lowest BCUT2D eigenvalue weighted by atomic mass is 9.99. The van der Waals surface area contributed by atoms with Gasteiger partial charge in [0.05, 0.1) is 25.6 Å². The van der Waals surface area contributed by atoms with E-state index in [9.17, 15) is 9.90 Å². The normalized spacial score (nSPS) is 13.0. The molecule has 0 spiro atoms. The van der Waals surface area contributed by atoms with Gasteiger partial charge in [-0.05, 0) is 35.7 Å². The molecule has 6 nitrogen and oxygen atoms in total. The van der Waals surface area contributed by atoms with Crippen molar-refractivity contribution in [2.75, 3.05) is 19.0 Å². The molecule has 0 saturated heterocycles. The second-order valence-electron chi connectivity index (χ2n) is 5.32. The maximum atomic E-state index is 12.3. The second kappa shape index (κ2) is 7.42. The minimum absolute atomic E-state index is 0.0397. The van der Waals surface area contributed by atoms with E-state index >= 15 is 0 Å². The Balaban J connectivity index is 1.73. The maximum Gasteiger partial charge on any atom is 0.319 e. The summed E-state index contributed by atoms with van der Waals surface area (Å²) in [6.45, 7) is -0.0397. The molecule has 1 unspecified atom stereocenters. The lowest BCUT2D eigenvalue weighted by Crippen LogP contribution is -2.42. The van der Waals surface area contributed by atoms with Gasteiger partial charge in [-0.25, -0.2) is 4.79 Å². The lowest BCUT2D eigenvalue weighted by molar-refractivity contribution is 0.0628.